The number of rotatable bonds is 6. The van der Waals surface area contributed by atoms with Gasteiger partial charge in [0.05, 0.1) is 19.8 Å². The van der Waals surface area contributed by atoms with Gasteiger partial charge in [-0.05, 0) is 36.8 Å². The first kappa shape index (κ1) is 21.4. The van der Waals surface area contributed by atoms with Gasteiger partial charge in [0.2, 0.25) is 5.91 Å². The zero-order valence-corrected chi connectivity index (χ0v) is 17.9. The molecule has 0 radical (unpaired) electrons. The van der Waals surface area contributed by atoms with Crippen LogP contribution in [0, 0.1) is 6.92 Å². The summed E-state index contributed by atoms with van der Waals surface area (Å²) in [6.07, 6.45) is 0. The SMILES string of the molecule is CC(=O)Nc1cc(C(=O)NCc2ccc(S(=O)(=O)N3CCOCC3)s2)ccc1C. The van der Waals surface area contributed by atoms with E-state index in [1.54, 1.807) is 30.3 Å². The largest absolute Gasteiger partial charge is 0.379 e. The van der Waals surface area contributed by atoms with Gasteiger partial charge in [0.1, 0.15) is 4.21 Å². The second-order valence-electron chi connectivity index (χ2n) is 6.63. The standard InChI is InChI=1S/C19H23N3O5S2/c1-13-3-4-15(11-17(13)21-14(2)23)19(24)20-12-16-5-6-18(28-16)29(25,26)22-7-9-27-10-8-22/h3-6,11H,7-10,12H2,1-2H3,(H,20,24)(H,21,23). The quantitative estimate of drug-likeness (QED) is 0.719. The molecule has 2 amide bonds. The Labute approximate surface area is 173 Å². The van der Waals surface area contributed by atoms with E-state index in [-0.39, 0.29) is 22.6 Å². The van der Waals surface area contributed by atoms with Crippen LogP contribution in [0.1, 0.15) is 27.7 Å². The molecular weight excluding hydrogens is 414 g/mol. The maximum atomic E-state index is 12.7. The van der Waals surface area contributed by atoms with Gasteiger partial charge < -0.3 is 15.4 Å². The van der Waals surface area contributed by atoms with Crippen molar-refractivity contribution in [1.82, 2.24) is 9.62 Å². The van der Waals surface area contributed by atoms with E-state index in [1.807, 2.05) is 6.92 Å². The molecule has 2 heterocycles. The molecule has 10 heteroatoms. The minimum atomic E-state index is -3.53. The third-order valence-corrected chi connectivity index (χ3v) is 7.89. The minimum absolute atomic E-state index is 0.210. The number of aryl methyl sites for hydroxylation is 1. The Morgan fingerprint density at radius 2 is 1.90 bits per heavy atom. The lowest BCUT2D eigenvalue weighted by Crippen LogP contribution is -2.40. The maximum Gasteiger partial charge on any atom is 0.252 e. The average molecular weight is 438 g/mol. The fourth-order valence-electron chi connectivity index (χ4n) is 2.86. The monoisotopic (exact) mass is 437 g/mol. The molecule has 1 aliphatic rings. The van der Waals surface area contributed by atoms with Gasteiger partial charge in [-0.1, -0.05) is 6.07 Å². The number of ether oxygens (including phenoxy) is 1. The third-order valence-electron chi connectivity index (χ3n) is 4.43. The smallest absolute Gasteiger partial charge is 0.252 e. The fraction of sp³-hybridized carbons (Fsp3) is 0.368. The van der Waals surface area contributed by atoms with E-state index in [0.29, 0.717) is 37.6 Å². The van der Waals surface area contributed by atoms with Crippen molar-refractivity contribution in [1.29, 1.82) is 0 Å². The van der Waals surface area contributed by atoms with Crippen LogP contribution in [0.25, 0.3) is 0 Å². The zero-order valence-electron chi connectivity index (χ0n) is 16.2. The summed E-state index contributed by atoms with van der Waals surface area (Å²) in [5.74, 6) is -0.513. The summed E-state index contributed by atoms with van der Waals surface area (Å²) in [7, 11) is -3.53. The van der Waals surface area contributed by atoms with Gasteiger partial charge >= 0.3 is 0 Å². The number of anilines is 1. The summed E-state index contributed by atoms with van der Waals surface area (Å²) in [5.41, 5.74) is 1.85. The highest BCUT2D eigenvalue weighted by atomic mass is 32.2. The fourth-order valence-corrected chi connectivity index (χ4v) is 5.72. The summed E-state index contributed by atoms with van der Waals surface area (Å²) in [6, 6.07) is 8.33. The molecule has 3 rings (SSSR count). The number of hydrogen-bond acceptors (Lipinski definition) is 6. The lowest BCUT2D eigenvalue weighted by molar-refractivity contribution is -0.114. The van der Waals surface area contributed by atoms with Crippen molar-refractivity contribution >= 4 is 38.9 Å². The lowest BCUT2D eigenvalue weighted by atomic mass is 10.1. The van der Waals surface area contributed by atoms with Gasteiger partial charge in [0.25, 0.3) is 15.9 Å². The van der Waals surface area contributed by atoms with Crippen LogP contribution < -0.4 is 10.6 Å². The highest BCUT2D eigenvalue weighted by Crippen LogP contribution is 2.25. The summed E-state index contributed by atoms with van der Waals surface area (Å²) in [4.78, 5) is 24.5. The molecule has 0 spiro atoms. The van der Waals surface area contributed by atoms with Gasteiger partial charge in [-0.15, -0.1) is 11.3 Å². The van der Waals surface area contributed by atoms with Crippen molar-refractivity contribution in [3.05, 3.63) is 46.3 Å². The van der Waals surface area contributed by atoms with E-state index in [9.17, 15) is 18.0 Å². The molecule has 29 heavy (non-hydrogen) atoms. The average Bonchev–Trinajstić information content (AvgIpc) is 3.18. The number of benzene rings is 1. The molecule has 8 nitrogen and oxygen atoms in total. The summed E-state index contributed by atoms with van der Waals surface area (Å²) in [6.45, 7) is 4.94. The van der Waals surface area contributed by atoms with Crippen molar-refractivity contribution < 1.29 is 22.7 Å². The van der Waals surface area contributed by atoms with E-state index in [2.05, 4.69) is 10.6 Å². The van der Waals surface area contributed by atoms with Crippen molar-refractivity contribution in [2.45, 2.75) is 24.6 Å². The Balaban J connectivity index is 1.65. The number of sulfonamides is 1. The van der Waals surface area contributed by atoms with E-state index in [0.717, 1.165) is 21.8 Å². The van der Waals surface area contributed by atoms with Crippen LogP contribution in [0.15, 0.2) is 34.5 Å². The predicted octanol–water partition coefficient (Wildman–Crippen LogP) is 1.97. The van der Waals surface area contributed by atoms with Crippen LogP contribution >= 0.6 is 11.3 Å². The molecule has 0 atom stereocenters. The Kier molecular flexibility index (Phi) is 6.68. The molecule has 156 valence electrons. The van der Waals surface area contributed by atoms with Gasteiger partial charge in [-0.25, -0.2) is 8.42 Å². The van der Waals surface area contributed by atoms with E-state index in [1.165, 1.54) is 11.2 Å². The molecule has 1 aliphatic heterocycles. The number of carbonyl (C=O) groups is 2. The summed E-state index contributed by atoms with van der Waals surface area (Å²) >= 11 is 1.14. The highest BCUT2D eigenvalue weighted by Gasteiger charge is 2.27. The Morgan fingerprint density at radius 1 is 1.17 bits per heavy atom. The zero-order chi connectivity index (χ0) is 21.0. The molecule has 2 N–H and O–H groups in total. The number of nitrogens with one attached hydrogen (secondary N) is 2. The highest BCUT2D eigenvalue weighted by molar-refractivity contribution is 7.91. The molecular formula is C19H23N3O5S2. The summed E-state index contributed by atoms with van der Waals surface area (Å²) < 4.78 is 32.2. The van der Waals surface area contributed by atoms with Crippen molar-refractivity contribution in [3.8, 4) is 0 Å². The van der Waals surface area contributed by atoms with Crippen LogP contribution in [0.5, 0.6) is 0 Å². The first-order chi connectivity index (χ1) is 13.8. The molecule has 0 saturated carbocycles. The van der Waals surface area contributed by atoms with Crippen LogP contribution in [0.2, 0.25) is 0 Å². The predicted molar refractivity (Wildman–Crippen MR) is 111 cm³/mol. The third kappa shape index (κ3) is 5.21. The molecule has 0 bridgehead atoms. The number of nitrogens with zero attached hydrogens (tertiary/aromatic N) is 1. The molecule has 1 aromatic carbocycles. The number of morpholine rings is 1. The molecule has 0 unspecified atom stereocenters. The van der Waals surface area contributed by atoms with Crippen LogP contribution in [-0.4, -0.2) is 50.8 Å². The topological polar surface area (TPSA) is 105 Å². The van der Waals surface area contributed by atoms with E-state index in [4.69, 9.17) is 4.74 Å². The van der Waals surface area contributed by atoms with E-state index >= 15 is 0 Å². The summed E-state index contributed by atoms with van der Waals surface area (Å²) in [5, 5.41) is 5.49. The molecule has 1 aromatic heterocycles. The van der Waals surface area contributed by atoms with Crippen LogP contribution in [-0.2, 0) is 26.1 Å². The van der Waals surface area contributed by atoms with Gasteiger partial charge in [-0.3, -0.25) is 9.59 Å². The van der Waals surface area contributed by atoms with Gasteiger partial charge in [0, 0.05) is 36.1 Å². The second kappa shape index (κ2) is 9.04. The Morgan fingerprint density at radius 3 is 2.59 bits per heavy atom. The number of thiophene rings is 1. The molecule has 1 saturated heterocycles. The first-order valence-corrected chi connectivity index (χ1v) is 11.4. The van der Waals surface area contributed by atoms with Crippen LogP contribution in [0.3, 0.4) is 0 Å². The maximum absolute atomic E-state index is 12.7. The normalized spacial score (nSPS) is 15.1. The number of amides is 2. The molecule has 1 fully saturated rings. The minimum Gasteiger partial charge on any atom is -0.379 e. The lowest BCUT2D eigenvalue weighted by Gasteiger charge is -2.25. The first-order valence-electron chi connectivity index (χ1n) is 9.10. The van der Waals surface area contributed by atoms with Crippen molar-refractivity contribution in [2.24, 2.45) is 0 Å². The molecule has 2 aromatic rings. The Bertz CT molecular complexity index is 1010. The number of hydrogen-bond donors (Lipinski definition) is 2. The molecule has 0 aliphatic carbocycles. The van der Waals surface area contributed by atoms with Crippen molar-refractivity contribution in [3.63, 3.8) is 0 Å². The van der Waals surface area contributed by atoms with Crippen LogP contribution in [0.4, 0.5) is 5.69 Å². The van der Waals surface area contributed by atoms with E-state index < -0.39 is 10.0 Å². The van der Waals surface area contributed by atoms with Gasteiger partial charge in [0.15, 0.2) is 0 Å². The second-order valence-corrected chi connectivity index (χ2v) is 9.96. The van der Waals surface area contributed by atoms with Crippen molar-refractivity contribution in [2.75, 3.05) is 31.6 Å². The number of carbonyl (C=O) groups excluding carboxylic acids is 2. The Hall–Kier alpha value is -2.27. The van der Waals surface area contributed by atoms with Gasteiger partial charge in [-0.2, -0.15) is 4.31 Å².